The third-order valence-corrected chi connectivity index (χ3v) is 5.44. The molecule has 1 aromatic carbocycles. The Labute approximate surface area is 153 Å². The molecule has 0 unspecified atom stereocenters. The van der Waals surface area contributed by atoms with E-state index in [1.165, 1.54) is 0 Å². The molecular formula is C18H24ClN3OS. The van der Waals surface area contributed by atoms with Gasteiger partial charge in [0.15, 0.2) is 0 Å². The number of hydrogen-bond donors (Lipinski definition) is 1. The second-order valence-corrected chi connectivity index (χ2v) is 7.43. The second-order valence-electron chi connectivity index (χ2n) is 6.32. The van der Waals surface area contributed by atoms with E-state index in [1.54, 1.807) is 11.3 Å². The lowest BCUT2D eigenvalue weighted by molar-refractivity contribution is -0.135. The summed E-state index contributed by atoms with van der Waals surface area (Å²) in [5.41, 5.74) is 7.13. The van der Waals surface area contributed by atoms with Crippen LogP contribution in [0.15, 0.2) is 36.5 Å². The number of halogens is 1. The molecule has 2 aromatic rings. The van der Waals surface area contributed by atoms with Crippen molar-refractivity contribution in [2.24, 2.45) is 11.7 Å². The molecule has 1 heterocycles. The molecule has 3 rings (SSSR count). The van der Waals surface area contributed by atoms with Crippen molar-refractivity contribution in [3.8, 4) is 10.6 Å². The molecule has 0 aliphatic heterocycles. The smallest absolute Gasteiger partial charge is 0.225 e. The van der Waals surface area contributed by atoms with Crippen LogP contribution in [0.3, 0.4) is 0 Å². The zero-order chi connectivity index (χ0) is 16.2. The molecule has 1 aromatic heterocycles. The first-order chi connectivity index (χ1) is 11.1. The molecule has 6 heteroatoms. The number of benzene rings is 1. The monoisotopic (exact) mass is 365 g/mol. The maximum absolute atomic E-state index is 12.6. The van der Waals surface area contributed by atoms with Gasteiger partial charge in [-0.3, -0.25) is 4.79 Å². The summed E-state index contributed by atoms with van der Waals surface area (Å²) in [4.78, 5) is 20.0. The highest BCUT2D eigenvalue weighted by atomic mass is 35.5. The van der Waals surface area contributed by atoms with Crippen molar-refractivity contribution in [2.45, 2.75) is 38.3 Å². The van der Waals surface area contributed by atoms with Crippen molar-refractivity contribution >= 4 is 29.7 Å². The highest BCUT2D eigenvalue weighted by molar-refractivity contribution is 7.15. The summed E-state index contributed by atoms with van der Waals surface area (Å²) in [7, 11) is 1.88. The van der Waals surface area contributed by atoms with E-state index >= 15 is 0 Å². The number of nitrogens with zero attached hydrogens (tertiary/aromatic N) is 2. The van der Waals surface area contributed by atoms with Crippen LogP contribution in [-0.4, -0.2) is 28.9 Å². The van der Waals surface area contributed by atoms with Gasteiger partial charge in [0.25, 0.3) is 0 Å². The van der Waals surface area contributed by atoms with Gasteiger partial charge in [-0.05, 0) is 19.3 Å². The lowest BCUT2D eigenvalue weighted by Gasteiger charge is -2.29. The molecule has 0 spiro atoms. The summed E-state index contributed by atoms with van der Waals surface area (Å²) in [5.74, 6) is 0.306. The van der Waals surface area contributed by atoms with Gasteiger partial charge >= 0.3 is 0 Å². The second kappa shape index (κ2) is 8.60. The molecule has 1 aliphatic carbocycles. The van der Waals surface area contributed by atoms with Gasteiger partial charge in [-0.1, -0.05) is 36.8 Å². The summed E-state index contributed by atoms with van der Waals surface area (Å²) >= 11 is 1.65. The molecule has 0 bridgehead atoms. The first-order valence-electron chi connectivity index (χ1n) is 8.14. The zero-order valence-corrected chi connectivity index (χ0v) is 15.5. The Balaban J connectivity index is 0.00000208. The molecule has 4 nitrogen and oxygen atoms in total. The van der Waals surface area contributed by atoms with Crippen molar-refractivity contribution in [3.63, 3.8) is 0 Å². The summed E-state index contributed by atoms with van der Waals surface area (Å²) in [6.45, 7) is 0.620. The number of rotatable bonds is 4. The Morgan fingerprint density at radius 1 is 1.33 bits per heavy atom. The first-order valence-corrected chi connectivity index (χ1v) is 8.96. The van der Waals surface area contributed by atoms with Gasteiger partial charge < -0.3 is 10.6 Å². The van der Waals surface area contributed by atoms with Gasteiger partial charge in [0, 0.05) is 35.6 Å². The first kappa shape index (κ1) is 18.9. The summed E-state index contributed by atoms with van der Waals surface area (Å²) in [6.07, 6.45) is 5.77. The minimum absolute atomic E-state index is 0. The van der Waals surface area contributed by atoms with Crippen molar-refractivity contribution in [3.05, 3.63) is 41.4 Å². The summed E-state index contributed by atoms with van der Waals surface area (Å²) < 4.78 is 0. The lowest BCUT2D eigenvalue weighted by Crippen LogP contribution is -2.38. The molecule has 2 atom stereocenters. The minimum Gasteiger partial charge on any atom is -0.340 e. The highest BCUT2D eigenvalue weighted by Crippen LogP contribution is 2.28. The number of amides is 1. The molecule has 24 heavy (non-hydrogen) atoms. The molecular weight excluding hydrogens is 342 g/mol. The predicted octanol–water partition coefficient (Wildman–Crippen LogP) is 3.71. The van der Waals surface area contributed by atoms with Crippen molar-refractivity contribution in [2.75, 3.05) is 7.05 Å². The van der Waals surface area contributed by atoms with E-state index in [2.05, 4.69) is 17.1 Å². The van der Waals surface area contributed by atoms with E-state index in [9.17, 15) is 4.79 Å². The third-order valence-electron chi connectivity index (χ3n) is 4.41. The Kier molecular flexibility index (Phi) is 6.78. The standard InChI is InChI=1S/C18H23N3OS.ClH/c1-21(18(22)14-8-5-9-15(19)10-14)12-16-11-20-17(23-16)13-6-3-2-4-7-13;/h2-4,6-7,11,14-15H,5,8-10,12,19H2,1H3;1H/t14-,15+;/m1./s1. The predicted molar refractivity (Wildman–Crippen MR) is 101 cm³/mol. The molecule has 0 saturated heterocycles. The van der Waals surface area contributed by atoms with Crippen molar-refractivity contribution in [1.82, 2.24) is 9.88 Å². The van der Waals surface area contributed by atoms with Crippen LogP contribution in [0.1, 0.15) is 30.6 Å². The molecule has 1 fully saturated rings. The van der Waals surface area contributed by atoms with Crippen LogP contribution in [0.5, 0.6) is 0 Å². The van der Waals surface area contributed by atoms with Crippen molar-refractivity contribution < 1.29 is 4.79 Å². The van der Waals surface area contributed by atoms with Crippen molar-refractivity contribution in [1.29, 1.82) is 0 Å². The molecule has 130 valence electrons. The summed E-state index contributed by atoms with van der Waals surface area (Å²) in [6, 6.07) is 10.3. The number of thiazole rings is 1. The maximum atomic E-state index is 12.6. The van der Waals surface area contributed by atoms with Crippen LogP contribution in [0.25, 0.3) is 10.6 Å². The number of nitrogens with two attached hydrogens (primary N) is 1. The van der Waals surface area contributed by atoms with Crippen LogP contribution in [0, 0.1) is 5.92 Å². The van der Waals surface area contributed by atoms with E-state index in [0.29, 0.717) is 6.54 Å². The van der Waals surface area contributed by atoms with Gasteiger partial charge in [0.2, 0.25) is 5.91 Å². The number of aromatic nitrogens is 1. The van der Waals surface area contributed by atoms with E-state index in [0.717, 1.165) is 41.1 Å². The fourth-order valence-corrected chi connectivity index (χ4v) is 4.14. The molecule has 1 aliphatic rings. The lowest BCUT2D eigenvalue weighted by atomic mass is 9.85. The third kappa shape index (κ3) is 4.56. The van der Waals surface area contributed by atoms with Crippen LogP contribution < -0.4 is 5.73 Å². The number of carbonyl (C=O) groups excluding carboxylic acids is 1. The largest absolute Gasteiger partial charge is 0.340 e. The fourth-order valence-electron chi connectivity index (χ4n) is 3.17. The Morgan fingerprint density at radius 3 is 2.79 bits per heavy atom. The maximum Gasteiger partial charge on any atom is 0.225 e. The van der Waals surface area contributed by atoms with Gasteiger partial charge in [-0.25, -0.2) is 4.98 Å². The number of hydrogen-bond acceptors (Lipinski definition) is 4. The Bertz CT molecular complexity index is 661. The summed E-state index contributed by atoms with van der Waals surface area (Å²) in [5, 5.41) is 1.00. The quantitative estimate of drug-likeness (QED) is 0.898. The van der Waals surface area contributed by atoms with Gasteiger partial charge in [0.1, 0.15) is 5.01 Å². The fraction of sp³-hybridized carbons (Fsp3) is 0.444. The SMILES string of the molecule is CN(Cc1cnc(-c2ccccc2)s1)C(=O)[C@@H]1CCC[C@H](N)C1.Cl. The molecule has 0 radical (unpaired) electrons. The Morgan fingerprint density at radius 2 is 2.08 bits per heavy atom. The van der Waals surface area contributed by atoms with Crippen LogP contribution in [-0.2, 0) is 11.3 Å². The van der Waals surface area contributed by atoms with Crippen LogP contribution in [0.2, 0.25) is 0 Å². The van der Waals surface area contributed by atoms with E-state index in [4.69, 9.17) is 5.73 Å². The average Bonchev–Trinajstić information content (AvgIpc) is 3.03. The van der Waals surface area contributed by atoms with Crippen LogP contribution >= 0.6 is 23.7 Å². The molecule has 2 N–H and O–H groups in total. The van der Waals surface area contributed by atoms with Gasteiger partial charge in [0.05, 0.1) is 6.54 Å². The van der Waals surface area contributed by atoms with E-state index in [-0.39, 0.29) is 30.3 Å². The molecule has 1 amide bonds. The minimum atomic E-state index is 0. The van der Waals surface area contributed by atoms with E-state index in [1.807, 2.05) is 36.3 Å². The average molecular weight is 366 g/mol. The van der Waals surface area contributed by atoms with Crippen LogP contribution in [0.4, 0.5) is 0 Å². The van der Waals surface area contributed by atoms with Gasteiger partial charge in [-0.2, -0.15) is 0 Å². The zero-order valence-electron chi connectivity index (χ0n) is 13.9. The van der Waals surface area contributed by atoms with E-state index < -0.39 is 0 Å². The topological polar surface area (TPSA) is 59.2 Å². The Hall–Kier alpha value is -1.43. The van der Waals surface area contributed by atoms with Gasteiger partial charge in [-0.15, -0.1) is 23.7 Å². The normalized spacial score (nSPS) is 20.2. The number of carbonyl (C=O) groups is 1. The highest BCUT2D eigenvalue weighted by Gasteiger charge is 2.27. The molecule has 1 saturated carbocycles.